The maximum atomic E-state index is 15.6. The number of epoxide rings is 1. The SMILES string of the molecule is C[C@@H]1C[C@H]2[C@@H]3C[C@H](F)C4=CC(=O)C=C[C@]4(C)[C@@]34O[C@@H]4C[C@]2(C)[C@@]1(OC(=O)c1ccco1)C(=O)S. The van der Waals surface area contributed by atoms with Crippen molar-refractivity contribution in [2.24, 2.45) is 28.6 Å². The smallest absolute Gasteiger partial charge is 0.375 e. The number of ether oxygens (including phenoxy) is 2. The lowest BCUT2D eigenvalue weighted by molar-refractivity contribution is -0.156. The van der Waals surface area contributed by atoms with E-state index in [9.17, 15) is 14.4 Å². The highest BCUT2D eigenvalue weighted by Crippen LogP contribution is 2.77. The Hall–Kier alpha value is -2.19. The Bertz CT molecular complexity index is 1170. The van der Waals surface area contributed by atoms with E-state index in [0.717, 1.165) is 0 Å². The van der Waals surface area contributed by atoms with Crippen LogP contribution in [0.15, 0.2) is 46.6 Å². The Kier molecular flexibility index (Phi) is 4.41. The first kappa shape index (κ1) is 22.3. The summed E-state index contributed by atoms with van der Waals surface area (Å²) < 4.78 is 33.3. The van der Waals surface area contributed by atoms with Crippen molar-refractivity contribution in [3.63, 3.8) is 0 Å². The third-order valence-corrected chi connectivity index (χ3v) is 10.1. The fourth-order valence-electron chi connectivity index (χ4n) is 8.27. The summed E-state index contributed by atoms with van der Waals surface area (Å²) in [4.78, 5) is 38.2. The van der Waals surface area contributed by atoms with E-state index >= 15 is 4.39 Å². The van der Waals surface area contributed by atoms with Crippen LogP contribution in [-0.4, -0.2) is 40.3 Å². The largest absolute Gasteiger partial charge is 0.457 e. The molecular weight excluding hydrogens is 459 g/mol. The van der Waals surface area contributed by atoms with Crippen molar-refractivity contribution in [1.82, 2.24) is 0 Å². The number of ketones is 1. The molecule has 6 rings (SSSR count). The zero-order valence-electron chi connectivity index (χ0n) is 19.2. The summed E-state index contributed by atoms with van der Waals surface area (Å²) in [5.74, 6) is -1.57. The molecule has 0 aromatic carbocycles. The molecule has 5 aliphatic rings. The number of hydrogen-bond acceptors (Lipinski definition) is 6. The Morgan fingerprint density at radius 3 is 2.68 bits per heavy atom. The molecule has 1 aliphatic heterocycles. The van der Waals surface area contributed by atoms with Crippen LogP contribution in [-0.2, 0) is 19.1 Å². The minimum atomic E-state index is -1.50. The maximum absolute atomic E-state index is 15.6. The second kappa shape index (κ2) is 6.72. The van der Waals surface area contributed by atoms with Crippen molar-refractivity contribution in [2.45, 2.75) is 63.5 Å². The number of furan rings is 1. The van der Waals surface area contributed by atoms with Crippen LogP contribution >= 0.6 is 12.6 Å². The summed E-state index contributed by atoms with van der Waals surface area (Å²) in [6.45, 7) is 5.81. The normalized spacial score (nSPS) is 48.2. The van der Waals surface area contributed by atoms with Gasteiger partial charge in [-0.3, -0.25) is 9.59 Å². The van der Waals surface area contributed by atoms with Gasteiger partial charge >= 0.3 is 5.97 Å². The predicted octanol–water partition coefficient (Wildman–Crippen LogP) is 4.26. The molecule has 8 heteroatoms. The number of halogens is 1. The highest BCUT2D eigenvalue weighted by Gasteiger charge is 2.83. The molecule has 0 amide bonds. The first-order valence-corrected chi connectivity index (χ1v) is 12.2. The number of alkyl halides is 1. The lowest BCUT2D eigenvalue weighted by Gasteiger charge is -2.56. The van der Waals surface area contributed by atoms with E-state index in [4.69, 9.17) is 13.9 Å². The van der Waals surface area contributed by atoms with Crippen LogP contribution in [0.25, 0.3) is 0 Å². The first-order chi connectivity index (χ1) is 16.0. The van der Waals surface area contributed by atoms with Gasteiger partial charge in [0.1, 0.15) is 11.8 Å². The van der Waals surface area contributed by atoms with Crippen molar-refractivity contribution in [3.8, 4) is 0 Å². The molecule has 4 aliphatic carbocycles. The fourth-order valence-corrected chi connectivity index (χ4v) is 8.79. The molecule has 1 saturated heterocycles. The fraction of sp³-hybridized carbons (Fsp3) is 0.577. The molecule has 1 spiro atoms. The third-order valence-electron chi connectivity index (χ3n) is 9.75. The van der Waals surface area contributed by atoms with Gasteiger partial charge in [0.15, 0.2) is 11.4 Å². The number of carbonyl (C=O) groups excluding carboxylic acids is 3. The van der Waals surface area contributed by atoms with E-state index in [0.29, 0.717) is 18.4 Å². The number of fused-ring (bicyclic) bond motifs is 3. The topological polar surface area (TPSA) is 86.1 Å². The van der Waals surface area contributed by atoms with Gasteiger partial charge in [-0.05, 0) is 67.9 Å². The number of allylic oxidation sites excluding steroid dienone is 2. The van der Waals surface area contributed by atoms with Crippen molar-refractivity contribution >= 4 is 29.5 Å². The summed E-state index contributed by atoms with van der Waals surface area (Å²) in [5, 5.41) is -0.513. The number of thiol groups is 1. The Labute approximate surface area is 202 Å². The second-order valence-electron chi connectivity index (χ2n) is 11.0. The van der Waals surface area contributed by atoms with Crippen molar-refractivity contribution in [3.05, 3.63) is 48.0 Å². The van der Waals surface area contributed by atoms with Crippen LogP contribution in [0.3, 0.4) is 0 Å². The van der Waals surface area contributed by atoms with E-state index in [1.54, 1.807) is 12.1 Å². The van der Waals surface area contributed by atoms with E-state index in [1.807, 2.05) is 20.8 Å². The highest BCUT2D eigenvalue weighted by atomic mass is 32.1. The number of hydrogen-bond donors (Lipinski definition) is 1. The molecule has 3 saturated carbocycles. The molecular formula is C26H27FO6S. The molecule has 6 nitrogen and oxygen atoms in total. The van der Waals surface area contributed by atoms with Crippen molar-refractivity contribution < 1.29 is 32.7 Å². The van der Waals surface area contributed by atoms with Gasteiger partial charge in [-0.25, -0.2) is 9.18 Å². The van der Waals surface area contributed by atoms with Gasteiger partial charge in [0.05, 0.1) is 12.4 Å². The molecule has 4 fully saturated rings. The maximum Gasteiger partial charge on any atom is 0.375 e. The quantitative estimate of drug-likeness (QED) is 0.390. The zero-order chi connectivity index (χ0) is 24.3. The van der Waals surface area contributed by atoms with Gasteiger partial charge in [0, 0.05) is 16.7 Å². The lowest BCUT2D eigenvalue weighted by atomic mass is 9.46. The van der Waals surface area contributed by atoms with Crippen molar-refractivity contribution in [1.29, 1.82) is 0 Å². The van der Waals surface area contributed by atoms with Gasteiger partial charge < -0.3 is 13.9 Å². The average Bonchev–Trinajstić information content (AvgIpc) is 3.15. The summed E-state index contributed by atoms with van der Waals surface area (Å²) in [6.07, 6.45) is 5.81. The van der Waals surface area contributed by atoms with E-state index in [1.165, 1.54) is 24.5 Å². The molecule has 0 unspecified atom stereocenters. The molecule has 0 radical (unpaired) electrons. The molecule has 1 aromatic rings. The molecule has 0 bridgehead atoms. The Morgan fingerprint density at radius 1 is 1.24 bits per heavy atom. The van der Waals surface area contributed by atoms with Crippen LogP contribution in [0.5, 0.6) is 0 Å². The summed E-state index contributed by atoms with van der Waals surface area (Å²) in [7, 11) is 0. The van der Waals surface area contributed by atoms with E-state index in [2.05, 4.69) is 12.6 Å². The Balaban J connectivity index is 1.44. The van der Waals surface area contributed by atoms with Crippen LogP contribution in [0.1, 0.15) is 50.6 Å². The van der Waals surface area contributed by atoms with E-state index in [-0.39, 0.29) is 41.8 Å². The molecule has 2 heterocycles. The highest BCUT2D eigenvalue weighted by molar-refractivity contribution is 7.96. The average molecular weight is 487 g/mol. The van der Waals surface area contributed by atoms with Gasteiger partial charge in [-0.15, -0.1) is 12.6 Å². The standard InChI is InChI=1S/C26H27FO6S/c1-13-9-15-16-11-18(27)17-10-14(28)6-7-23(17,2)26(16)20(32-26)12-24(15,3)25(13,22(30)34)33-21(29)19-5-4-8-31-19/h4-8,10,13,15-16,18,20H,9,11-12H2,1-3H3,(H,30,34)/t13-,15+,16+,18+,20-,23+,24+,25+,26-/m1/s1. The molecule has 0 N–H and O–H groups in total. The number of rotatable bonds is 3. The van der Waals surface area contributed by atoms with Crippen LogP contribution in [0.4, 0.5) is 4.39 Å². The number of carbonyl (C=O) groups is 3. The molecule has 180 valence electrons. The third kappa shape index (κ3) is 2.39. The van der Waals surface area contributed by atoms with Crippen LogP contribution < -0.4 is 0 Å². The zero-order valence-corrected chi connectivity index (χ0v) is 20.1. The van der Waals surface area contributed by atoms with Crippen molar-refractivity contribution in [2.75, 3.05) is 0 Å². The predicted molar refractivity (Wildman–Crippen MR) is 122 cm³/mol. The summed E-state index contributed by atoms with van der Waals surface area (Å²) in [6, 6.07) is 3.08. The molecule has 9 atom stereocenters. The minimum Gasteiger partial charge on any atom is -0.457 e. The van der Waals surface area contributed by atoms with Gasteiger partial charge in [0.2, 0.25) is 10.9 Å². The minimum absolute atomic E-state index is 0.0156. The van der Waals surface area contributed by atoms with Gasteiger partial charge in [0.25, 0.3) is 0 Å². The Morgan fingerprint density at radius 2 is 2.00 bits per heavy atom. The van der Waals surface area contributed by atoms with Crippen LogP contribution in [0.2, 0.25) is 0 Å². The summed E-state index contributed by atoms with van der Waals surface area (Å²) in [5.41, 5.74) is -3.18. The molecule has 34 heavy (non-hydrogen) atoms. The second-order valence-corrected chi connectivity index (χ2v) is 11.4. The summed E-state index contributed by atoms with van der Waals surface area (Å²) >= 11 is 4.24. The lowest BCUT2D eigenvalue weighted by Crippen LogP contribution is -2.63. The first-order valence-electron chi connectivity index (χ1n) is 11.8. The van der Waals surface area contributed by atoms with Gasteiger partial charge in [-0.1, -0.05) is 19.9 Å². The monoisotopic (exact) mass is 486 g/mol. The number of esters is 1. The van der Waals surface area contributed by atoms with Gasteiger partial charge in [-0.2, -0.15) is 0 Å². The molecule has 1 aromatic heterocycles. The van der Waals surface area contributed by atoms with Crippen LogP contribution in [0, 0.1) is 28.6 Å². The van der Waals surface area contributed by atoms with E-state index < -0.39 is 39.3 Å².